The van der Waals surface area contributed by atoms with Gasteiger partial charge in [-0.1, -0.05) is 225 Å². The van der Waals surface area contributed by atoms with Crippen LogP contribution in [0, 0.1) is 0 Å². The van der Waals surface area contributed by atoms with Gasteiger partial charge in [0, 0.05) is 50.8 Å². The van der Waals surface area contributed by atoms with Gasteiger partial charge in [0.05, 0.1) is 17.0 Å². The van der Waals surface area contributed by atoms with Crippen molar-refractivity contribution in [3.63, 3.8) is 0 Å². The highest BCUT2D eigenvalue weighted by atomic mass is 16.3. The van der Waals surface area contributed by atoms with E-state index in [4.69, 9.17) is 4.42 Å². The minimum atomic E-state index is -0.285. The SMILES string of the molecule is CC(C)(C)c1ccc(N(c2ccc(C(C)(C)C)cc2)c2cc3c(cc2-c2ccccc2)B2c4oc5ccc(C(C)(C)C)cc5c4N(c4ccc(C(C)(C)C)cc4)c4cc(-c5ccccc5)cc(c42)N3c2ccc(C(C)(C)C)cc2)cc1. The standard InChI is InChI=1S/C76H78BN3O/c1-72(2,3)52-26-35-57(36-27-52)78(58-37-28-53(29-38-58)73(4,5)6)64-48-65-63(47-61(64)50-24-20-17-21-25-50)77-69-66(79(65)59-39-30-54(31-40-59)74(7,8)9)44-51(49-22-18-16-19-23-49)45-67(69)80(60-41-32-55(33-42-60)75(10,11)12)70-62-46-56(76(13,14)15)34-43-68(62)81-71(70)77/h16-48H,1-15H3. The molecule has 0 amide bonds. The van der Waals surface area contributed by atoms with Crippen molar-refractivity contribution in [3.8, 4) is 22.3 Å². The molecule has 0 aliphatic carbocycles. The Balaban J connectivity index is 1.23. The molecule has 0 fully saturated rings. The van der Waals surface area contributed by atoms with Crippen LogP contribution in [0.25, 0.3) is 33.2 Å². The summed E-state index contributed by atoms with van der Waals surface area (Å²) in [5, 5.41) is 1.11. The maximum absolute atomic E-state index is 7.57. The summed E-state index contributed by atoms with van der Waals surface area (Å²) in [6.45, 7) is 34.2. The fourth-order valence-electron chi connectivity index (χ4n) is 12.2. The molecule has 0 N–H and O–H groups in total. The predicted octanol–water partition coefficient (Wildman–Crippen LogP) is 19.8. The molecular formula is C76H78BN3O. The van der Waals surface area contributed by atoms with E-state index in [0.29, 0.717) is 0 Å². The van der Waals surface area contributed by atoms with Gasteiger partial charge in [0.15, 0.2) is 0 Å². The van der Waals surface area contributed by atoms with E-state index in [0.717, 1.165) is 90.1 Å². The molecule has 4 nitrogen and oxygen atoms in total. The summed E-state index contributed by atoms with van der Waals surface area (Å²) in [5.41, 5.74) is 25.0. The fraction of sp³-hybridized carbons (Fsp3) is 0.263. The second-order valence-electron chi connectivity index (χ2n) is 28.0. The molecule has 0 radical (unpaired) electrons. The molecule has 0 spiro atoms. The lowest BCUT2D eigenvalue weighted by molar-refractivity contribution is 0.590. The first-order chi connectivity index (χ1) is 38.3. The zero-order valence-electron chi connectivity index (χ0n) is 50.4. The summed E-state index contributed by atoms with van der Waals surface area (Å²) in [5.74, 6) is 0. The Kier molecular flexibility index (Phi) is 12.8. The Morgan fingerprint density at radius 2 is 0.790 bits per heavy atom. The van der Waals surface area contributed by atoms with Crippen molar-refractivity contribution in [2.75, 3.05) is 14.7 Å². The molecular weight excluding hydrogens is 982 g/mol. The highest BCUT2D eigenvalue weighted by Gasteiger charge is 2.48. The van der Waals surface area contributed by atoms with Crippen molar-refractivity contribution >= 4 is 85.5 Å². The third-order valence-corrected chi connectivity index (χ3v) is 17.0. The van der Waals surface area contributed by atoms with Gasteiger partial charge in [0.1, 0.15) is 5.58 Å². The maximum atomic E-state index is 7.57. The number of nitrogens with zero attached hydrogens (tertiary/aromatic N) is 3. The molecule has 0 bridgehead atoms. The average molecular weight is 1060 g/mol. The number of hydrogen-bond acceptors (Lipinski definition) is 4. The van der Waals surface area contributed by atoms with Gasteiger partial charge < -0.3 is 19.1 Å². The summed E-state index contributed by atoms with van der Waals surface area (Å²) in [6, 6.07) is 76.0. The van der Waals surface area contributed by atoms with Crippen LogP contribution < -0.4 is 31.3 Å². The largest absolute Gasteiger partial charge is 0.468 e. The molecule has 0 saturated carbocycles. The zero-order valence-corrected chi connectivity index (χ0v) is 50.4. The molecule has 81 heavy (non-hydrogen) atoms. The van der Waals surface area contributed by atoms with Crippen molar-refractivity contribution in [3.05, 3.63) is 228 Å². The smallest absolute Gasteiger partial charge is 0.297 e. The van der Waals surface area contributed by atoms with Crippen LogP contribution in [0.5, 0.6) is 0 Å². The molecule has 0 unspecified atom stereocenters. The normalized spacial score (nSPS) is 13.5. The van der Waals surface area contributed by atoms with Crippen LogP contribution in [-0.4, -0.2) is 6.71 Å². The number of hydrogen-bond donors (Lipinski definition) is 0. The van der Waals surface area contributed by atoms with Gasteiger partial charge in [-0.05, 0) is 161 Å². The summed E-state index contributed by atoms with van der Waals surface area (Å²) in [7, 11) is 0. The lowest BCUT2D eigenvalue weighted by Crippen LogP contribution is -2.61. The van der Waals surface area contributed by atoms with Gasteiger partial charge in [-0.15, -0.1) is 0 Å². The van der Waals surface area contributed by atoms with Gasteiger partial charge in [0.25, 0.3) is 6.71 Å². The van der Waals surface area contributed by atoms with Gasteiger partial charge in [-0.2, -0.15) is 0 Å². The van der Waals surface area contributed by atoms with Crippen LogP contribution in [-0.2, 0) is 27.1 Å². The van der Waals surface area contributed by atoms with Crippen LogP contribution in [0.1, 0.15) is 132 Å². The monoisotopic (exact) mass is 1060 g/mol. The first-order valence-corrected chi connectivity index (χ1v) is 29.2. The molecule has 0 atom stereocenters. The van der Waals surface area contributed by atoms with Crippen LogP contribution in [0.4, 0.5) is 51.2 Å². The Morgan fingerprint density at radius 1 is 0.370 bits per heavy atom. The minimum absolute atomic E-state index is 0.0120. The summed E-state index contributed by atoms with van der Waals surface area (Å²) in [4.78, 5) is 7.59. The lowest BCUT2D eigenvalue weighted by Gasteiger charge is -2.43. The van der Waals surface area contributed by atoms with Crippen molar-refractivity contribution in [2.24, 2.45) is 0 Å². The average Bonchev–Trinajstić information content (AvgIpc) is 2.21. The summed E-state index contributed by atoms with van der Waals surface area (Å²) in [6.07, 6.45) is 0. The number of furan rings is 1. The van der Waals surface area contributed by atoms with E-state index in [1.165, 1.54) is 38.7 Å². The highest BCUT2D eigenvalue weighted by molar-refractivity contribution is 7.00. The number of rotatable bonds is 7. The van der Waals surface area contributed by atoms with E-state index in [1.807, 2.05) is 0 Å². The molecule has 10 aromatic rings. The molecule has 9 aromatic carbocycles. The van der Waals surface area contributed by atoms with Crippen LogP contribution in [0.3, 0.4) is 0 Å². The van der Waals surface area contributed by atoms with E-state index >= 15 is 0 Å². The first kappa shape index (κ1) is 53.6. The number of anilines is 9. The summed E-state index contributed by atoms with van der Waals surface area (Å²) < 4.78 is 7.57. The van der Waals surface area contributed by atoms with Crippen molar-refractivity contribution in [2.45, 2.75) is 131 Å². The topological polar surface area (TPSA) is 22.9 Å². The van der Waals surface area contributed by atoms with Gasteiger partial charge in [-0.25, -0.2) is 0 Å². The Bertz CT molecular complexity index is 3910. The van der Waals surface area contributed by atoms with Gasteiger partial charge >= 0.3 is 0 Å². The predicted molar refractivity (Wildman–Crippen MR) is 349 cm³/mol. The summed E-state index contributed by atoms with van der Waals surface area (Å²) >= 11 is 0. The fourth-order valence-corrected chi connectivity index (χ4v) is 12.2. The van der Waals surface area contributed by atoms with Crippen LogP contribution in [0.2, 0.25) is 0 Å². The quantitative estimate of drug-likeness (QED) is 0.148. The lowest BCUT2D eigenvalue weighted by atomic mass is 9.35. The molecule has 1 aromatic heterocycles. The molecule has 0 saturated heterocycles. The van der Waals surface area contributed by atoms with Crippen molar-refractivity contribution < 1.29 is 4.42 Å². The van der Waals surface area contributed by atoms with E-state index in [2.05, 4.69) is 319 Å². The van der Waals surface area contributed by atoms with Crippen molar-refractivity contribution in [1.82, 2.24) is 0 Å². The van der Waals surface area contributed by atoms with Crippen LogP contribution >= 0.6 is 0 Å². The Hall–Kier alpha value is -8.02. The van der Waals surface area contributed by atoms with Crippen LogP contribution in [0.15, 0.2) is 205 Å². The van der Waals surface area contributed by atoms with Gasteiger partial charge in [0.2, 0.25) is 0 Å². The highest BCUT2D eigenvalue weighted by Crippen LogP contribution is 2.52. The molecule has 12 rings (SSSR count). The Morgan fingerprint density at radius 3 is 1.26 bits per heavy atom. The zero-order chi connectivity index (χ0) is 57.1. The van der Waals surface area contributed by atoms with E-state index < -0.39 is 0 Å². The molecule has 2 aliphatic rings. The Labute approximate surface area is 483 Å². The molecule has 406 valence electrons. The molecule has 2 aliphatic heterocycles. The van der Waals surface area contributed by atoms with E-state index in [9.17, 15) is 0 Å². The van der Waals surface area contributed by atoms with E-state index in [-0.39, 0.29) is 33.8 Å². The minimum Gasteiger partial charge on any atom is -0.468 e. The second-order valence-corrected chi connectivity index (χ2v) is 28.0. The van der Waals surface area contributed by atoms with Gasteiger partial charge in [-0.3, -0.25) is 0 Å². The third-order valence-electron chi connectivity index (χ3n) is 17.0. The number of benzene rings is 9. The second kappa shape index (κ2) is 19.3. The van der Waals surface area contributed by atoms with E-state index in [1.54, 1.807) is 0 Å². The number of fused-ring (bicyclic) bond motifs is 6. The molecule has 5 heteroatoms. The first-order valence-electron chi connectivity index (χ1n) is 29.2. The third kappa shape index (κ3) is 9.67. The molecule has 3 heterocycles. The maximum Gasteiger partial charge on any atom is 0.297 e. The van der Waals surface area contributed by atoms with Crippen molar-refractivity contribution in [1.29, 1.82) is 0 Å².